The molecule has 0 aliphatic heterocycles. The molecule has 0 bridgehead atoms. The summed E-state index contributed by atoms with van der Waals surface area (Å²) in [6, 6.07) is 6.09. The summed E-state index contributed by atoms with van der Waals surface area (Å²) in [5.74, 6) is -0.698. The van der Waals surface area contributed by atoms with E-state index in [9.17, 15) is 8.78 Å². The third-order valence-electron chi connectivity index (χ3n) is 3.71. The summed E-state index contributed by atoms with van der Waals surface area (Å²) in [6.45, 7) is 1.51. The summed E-state index contributed by atoms with van der Waals surface area (Å²) < 4.78 is 33.6. The average molecular weight is 351 g/mol. The van der Waals surface area contributed by atoms with Gasteiger partial charge in [-0.3, -0.25) is 9.97 Å². The number of halogens is 2. The van der Waals surface area contributed by atoms with Gasteiger partial charge < -0.3 is 4.42 Å². The fourth-order valence-corrected chi connectivity index (χ4v) is 2.47. The SMILES string of the molecule is Cc1nc(-c2nnc(-c3ccncc3)o2)cc(-c2cncc(F)c2)c1F. The Morgan fingerprint density at radius 3 is 2.42 bits per heavy atom. The van der Waals surface area contributed by atoms with Crippen LogP contribution < -0.4 is 0 Å². The van der Waals surface area contributed by atoms with E-state index >= 15 is 0 Å². The molecule has 0 amide bonds. The van der Waals surface area contributed by atoms with E-state index in [4.69, 9.17) is 4.42 Å². The Balaban J connectivity index is 1.80. The van der Waals surface area contributed by atoms with Crippen LogP contribution in [-0.4, -0.2) is 25.1 Å². The van der Waals surface area contributed by atoms with Crippen molar-refractivity contribution in [3.8, 4) is 34.2 Å². The van der Waals surface area contributed by atoms with Crippen LogP contribution in [0.1, 0.15) is 5.69 Å². The van der Waals surface area contributed by atoms with E-state index in [2.05, 4.69) is 25.1 Å². The van der Waals surface area contributed by atoms with E-state index in [1.165, 1.54) is 25.3 Å². The molecule has 0 saturated carbocycles. The highest BCUT2D eigenvalue weighted by Crippen LogP contribution is 2.29. The van der Waals surface area contributed by atoms with Crippen LogP contribution in [-0.2, 0) is 0 Å². The maximum atomic E-state index is 14.5. The van der Waals surface area contributed by atoms with Gasteiger partial charge in [0, 0.05) is 35.3 Å². The van der Waals surface area contributed by atoms with Crippen LogP contribution in [0.4, 0.5) is 8.78 Å². The zero-order valence-electron chi connectivity index (χ0n) is 13.5. The van der Waals surface area contributed by atoms with Gasteiger partial charge in [-0.25, -0.2) is 13.8 Å². The van der Waals surface area contributed by atoms with Crippen molar-refractivity contribution in [3.63, 3.8) is 0 Å². The van der Waals surface area contributed by atoms with Crippen molar-refractivity contribution in [2.45, 2.75) is 6.92 Å². The zero-order valence-corrected chi connectivity index (χ0v) is 13.5. The van der Waals surface area contributed by atoms with Gasteiger partial charge >= 0.3 is 0 Å². The van der Waals surface area contributed by atoms with Gasteiger partial charge in [0.15, 0.2) is 5.82 Å². The molecule has 0 aromatic carbocycles. The number of hydrogen-bond donors (Lipinski definition) is 0. The molecule has 0 N–H and O–H groups in total. The molecule has 8 heteroatoms. The minimum absolute atomic E-state index is 0.130. The first-order chi connectivity index (χ1) is 12.6. The molecule has 0 aliphatic carbocycles. The molecule has 0 spiro atoms. The predicted molar refractivity (Wildman–Crippen MR) is 88.6 cm³/mol. The summed E-state index contributed by atoms with van der Waals surface area (Å²) in [5.41, 5.74) is 1.57. The lowest BCUT2D eigenvalue weighted by atomic mass is 10.1. The summed E-state index contributed by atoms with van der Waals surface area (Å²) in [7, 11) is 0. The lowest BCUT2D eigenvalue weighted by Gasteiger charge is -2.07. The number of pyridine rings is 3. The molecular formula is C18H11F2N5O. The first-order valence-electron chi connectivity index (χ1n) is 7.64. The number of rotatable bonds is 3. The van der Waals surface area contributed by atoms with Gasteiger partial charge in [0.05, 0.1) is 11.9 Å². The quantitative estimate of drug-likeness (QED) is 0.558. The fourth-order valence-electron chi connectivity index (χ4n) is 2.47. The summed E-state index contributed by atoms with van der Waals surface area (Å²) in [5, 5.41) is 7.96. The molecule has 0 saturated heterocycles. The van der Waals surface area contributed by atoms with Crippen molar-refractivity contribution in [1.29, 1.82) is 0 Å². The van der Waals surface area contributed by atoms with Crippen LogP contribution in [0.25, 0.3) is 34.2 Å². The molecule has 4 rings (SSSR count). The maximum absolute atomic E-state index is 14.5. The van der Waals surface area contributed by atoms with Gasteiger partial charge in [-0.05, 0) is 31.2 Å². The summed E-state index contributed by atoms with van der Waals surface area (Å²) in [6.07, 6.45) is 5.64. The molecule has 0 aliphatic rings. The van der Waals surface area contributed by atoms with Crippen LogP contribution in [0.15, 0.2) is 53.5 Å². The molecular weight excluding hydrogens is 340 g/mol. The predicted octanol–water partition coefficient (Wildman–Crippen LogP) is 3.84. The molecule has 4 aromatic rings. The number of aryl methyl sites for hydroxylation is 1. The van der Waals surface area contributed by atoms with Crippen molar-refractivity contribution in [1.82, 2.24) is 25.1 Å². The third kappa shape index (κ3) is 2.92. The van der Waals surface area contributed by atoms with Crippen LogP contribution >= 0.6 is 0 Å². The van der Waals surface area contributed by atoms with Crippen molar-refractivity contribution in [3.05, 3.63) is 66.4 Å². The monoisotopic (exact) mass is 351 g/mol. The second kappa shape index (κ2) is 6.40. The first kappa shape index (κ1) is 15.9. The van der Waals surface area contributed by atoms with Crippen LogP contribution in [0.2, 0.25) is 0 Å². The van der Waals surface area contributed by atoms with Gasteiger partial charge in [0.25, 0.3) is 5.89 Å². The molecule has 26 heavy (non-hydrogen) atoms. The lowest BCUT2D eigenvalue weighted by Crippen LogP contribution is -1.97. The number of aromatic nitrogens is 5. The Hall–Kier alpha value is -3.55. The van der Waals surface area contributed by atoms with Crippen molar-refractivity contribution < 1.29 is 13.2 Å². The Labute approximate surface area is 146 Å². The second-order valence-corrected chi connectivity index (χ2v) is 5.49. The van der Waals surface area contributed by atoms with E-state index in [-0.39, 0.29) is 22.8 Å². The normalized spacial score (nSPS) is 10.9. The van der Waals surface area contributed by atoms with Crippen molar-refractivity contribution in [2.24, 2.45) is 0 Å². The van der Waals surface area contributed by atoms with E-state index in [0.717, 1.165) is 6.20 Å². The van der Waals surface area contributed by atoms with Gasteiger partial charge in [-0.1, -0.05) is 0 Å². The third-order valence-corrected chi connectivity index (χ3v) is 3.71. The molecule has 4 heterocycles. The second-order valence-electron chi connectivity index (χ2n) is 5.49. The van der Waals surface area contributed by atoms with E-state index in [0.29, 0.717) is 17.0 Å². The first-order valence-corrected chi connectivity index (χ1v) is 7.64. The van der Waals surface area contributed by atoms with Crippen LogP contribution in [0.3, 0.4) is 0 Å². The van der Waals surface area contributed by atoms with Crippen LogP contribution in [0, 0.1) is 18.6 Å². The highest BCUT2D eigenvalue weighted by Gasteiger charge is 2.17. The zero-order chi connectivity index (χ0) is 18.1. The van der Waals surface area contributed by atoms with Gasteiger partial charge in [-0.2, -0.15) is 0 Å². The summed E-state index contributed by atoms with van der Waals surface area (Å²) in [4.78, 5) is 11.8. The van der Waals surface area contributed by atoms with E-state index in [1.54, 1.807) is 24.5 Å². The number of hydrogen-bond acceptors (Lipinski definition) is 6. The van der Waals surface area contributed by atoms with Crippen molar-refractivity contribution in [2.75, 3.05) is 0 Å². The lowest BCUT2D eigenvalue weighted by molar-refractivity contribution is 0.578. The largest absolute Gasteiger partial charge is 0.415 e. The Kier molecular flexibility index (Phi) is 3.92. The molecule has 4 aromatic heterocycles. The summed E-state index contributed by atoms with van der Waals surface area (Å²) >= 11 is 0. The molecule has 0 atom stereocenters. The molecule has 0 unspecified atom stereocenters. The minimum atomic E-state index is -0.560. The standard InChI is InChI=1S/C18H11F2N5O/c1-10-16(20)14(12-6-13(19)9-22-8-12)7-15(23-10)18-25-24-17(26-18)11-2-4-21-5-3-11/h2-9H,1H3. The average Bonchev–Trinajstić information content (AvgIpc) is 3.15. The van der Waals surface area contributed by atoms with E-state index in [1.807, 2.05) is 0 Å². The molecule has 0 radical (unpaired) electrons. The van der Waals surface area contributed by atoms with Crippen LogP contribution in [0.5, 0.6) is 0 Å². The minimum Gasteiger partial charge on any atom is -0.415 e. The van der Waals surface area contributed by atoms with E-state index < -0.39 is 11.6 Å². The smallest absolute Gasteiger partial charge is 0.266 e. The maximum Gasteiger partial charge on any atom is 0.266 e. The fraction of sp³-hybridized carbons (Fsp3) is 0.0556. The molecule has 0 fully saturated rings. The highest BCUT2D eigenvalue weighted by molar-refractivity contribution is 5.68. The molecule has 6 nitrogen and oxygen atoms in total. The van der Waals surface area contributed by atoms with Crippen molar-refractivity contribution >= 4 is 0 Å². The Morgan fingerprint density at radius 2 is 1.65 bits per heavy atom. The highest BCUT2D eigenvalue weighted by atomic mass is 19.1. The Bertz CT molecular complexity index is 1080. The molecule has 128 valence electrons. The topological polar surface area (TPSA) is 77.6 Å². The number of nitrogens with zero attached hydrogens (tertiary/aromatic N) is 5. The van der Waals surface area contributed by atoms with Gasteiger partial charge in [-0.15, -0.1) is 10.2 Å². The van der Waals surface area contributed by atoms with Gasteiger partial charge in [0.1, 0.15) is 11.5 Å². The Morgan fingerprint density at radius 1 is 0.885 bits per heavy atom. The van der Waals surface area contributed by atoms with Gasteiger partial charge in [0.2, 0.25) is 5.89 Å².